The Bertz CT molecular complexity index is 2830. The van der Waals surface area contributed by atoms with E-state index in [1.807, 2.05) is 104 Å². The van der Waals surface area contributed by atoms with Gasteiger partial charge in [-0.05, 0) is 145 Å². The molecule has 0 radical (unpaired) electrons. The number of hydrogen-bond donors (Lipinski definition) is 1. The van der Waals surface area contributed by atoms with Crippen molar-refractivity contribution in [3.63, 3.8) is 0 Å². The number of amides is 4. The van der Waals surface area contributed by atoms with E-state index in [1.54, 1.807) is 58.6 Å². The molecule has 4 saturated heterocycles. The summed E-state index contributed by atoms with van der Waals surface area (Å²) in [6, 6.07) is 15.7. The normalized spacial score (nSPS) is 19.4. The molecule has 74 heavy (non-hydrogen) atoms. The molecule has 7 heterocycles. The van der Waals surface area contributed by atoms with Crippen LogP contribution in [-0.2, 0) is 31.9 Å². The Labute approximate surface area is 442 Å². The number of H-pyrrole nitrogens is 1. The van der Waals surface area contributed by atoms with Crippen molar-refractivity contribution >= 4 is 51.8 Å². The third-order valence-corrected chi connectivity index (χ3v) is 15.5. The number of halogens is 1. The number of methoxy groups -OCH3 is 2. The van der Waals surface area contributed by atoms with Gasteiger partial charge in [-0.1, -0.05) is 24.3 Å². The highest BCUT2D eigenvalue weighted by Crippen LogP contribution is 2.50. The number of likely N-dealkylation sites (tertiary alicyclic amines) is 2. The summed E-state index contributed by atoms with van der Waals surface area (Å²) in [5.41, 5.74) is 3.70. The standard InChI is InChI=1S/C29H36N6O4.C26H33BrN4O4/c1-19-23(21-15-31-32-16-21)17-30-26(33-19)35-18-29(9-11-34(12-10-29)27(37)39-28(2,3)4)24(25(35)36)14-20-7-6-8-22(13-20)38-5;1-17-21(27)15-28-23(29-17)31-16-26(9-11-30(12-10-26)24(33)35-25(2,3)4)20(22(31)32)14-18-7-6-8-19(13-18)34-5/h6-8,13,15-17,24H,9-12,14,18H2,1-5H3,(H,31,32);6-8,13,15,20H,9-12,14,16H2,1-5H3. The molecular formula is C55H69BrN10O8. The predicted octanol–water partition coefficient (Wildman–Crippen LogP) is 9.19. The Morgan fingerprint density at radius 3 is 1.51 bits per heavy atom. The summed E-state index contributed by atoms with van der Waals surface area (Å²) in [6.07, 6.45) is 10.3. The maximum atomic E-state index is 14.1. The number of piperidine rings is 2. The van der Waals surface area contributed by atoms with Gasteiger partial charge in [0.1, 0.15) is 22.7 Å². The lowest BCUT2D eigenvalue weighted by atomic mass is 9.68. The molecule has 4 fully saturated rings. The number of carbonyl (C=O) groups excluding carboxylic acids is 4. The zero-order valence-corrected chi connectivity index (χ0v) is 45.8. The van der Waals surface area contributed by atoms with E-state index in [4.69, 9.17) is 23.9 Å². The van der Waals surface area contributed by atoms with Crippen LogP contribution >= 0.6 is 15.9 Å². The first-order valence-electron chi connectivity index (χ1n) is 25.3. The molecule has 18 nitrogen and oxygen atoms in total. The molecule has 2 aromatic carbocycles. The summed E-state index contributed by atoms with van der Waals surface area (Å²) >= 11 is 3.44. The van der Waals surface area contributed by atoms with Crippen LogP contribution in [0.25, 0.3) is 11.1 Å². The van der Waals surface area contributed by atoms with E-state index >= 15 is 0 Å². The van der Waals surface area contributed by atoms with Gasteiger partial charge in [0, 0.05) is 79.8 Å². The first kappa shape index (κ1) is 53.7. The van der Waals surface area contributed by atoms with E-state index < -0.39 is 11.2 Å². The van der Waals surface area contributed by atoms with Gasteiger partial charge in [0.2, 0.25) is 23.7 Å². The minimum absolute atomic E-state index is 0.0130. The number of nitrogens with one attached hydrogen (secondary N) is 1. The van der Waals surface area contributed by atoms with Crippen LogP contribution in [0.1, 0.15) is 89.7 Å². The van der Waals surface area contributed by atoms with Crippen LogP contribution in [0, 0.1) is 36.5 Å². The van der Waals surface area contributed by atoms with Crippen LogP contribution < -0.4 is 19.3 Å². The summed E-state index contributed by atoms with van der Waals surface area (Å²) in [4.78, 5) is 78.7. The monoisotopic (exact) mass is 1080 g/mol. The van der Waals surface area contributed by atoms with Gasteiger partial charge in [0.15, 0.2) is 0 Å². The lowest BCUT2D eigenvalue weighted by Crippen LogP contribution is -2.48. The van der Waals surface area contributed by atoms with Gasteiger partial charge in [-0.15, -0.1) is 0 Å². The topological polar surface area (TPSA) is 198 Å². The maximum Gasteiger partial charge on any atom is 0.410 e. The lowest BCUT2D eigenvalue weighted by molar-refractivity contribution is -0.123. The molecule has 0 aliphatic carbocycles. The van der Waals surface area contributed by atoms with Crippen molar-refractivity contribution in [3.8, 4) is 22.6 Å². The van der Waals surface area contributed by atoms with Gasteiger partial charge in [-0.3, -0.25) is 24.5 Å². The molecular weight excluding hydrogens is 1010 g/mol. The number of aryl methyl sites for hydroxylation is 2. The van der Waals surface area contributed by atoms with Crippen LogP contribution in [0.2, 0.25) is 0 Å². The molecule has 4 aliphatic rings. The number of anilines is 2. The Morgan fingerprint density at radius 1 is 0.676 bits per heavy atom. The van der Waals surface area contributed by atoms with E-state index in [0.29, 0.717) is 89.7 Å². The highest BCUT2D eigenvalue weighted by molar-refractivity contribution is 9.10. The number of benzene rings is 2. The molecule has 394 valence electrons. The van der Waals surface area contributed by atoms with E-state index in [9.17, 15) is 19.2 Å². The third-order valence-electron chi connectivity index (χ3n) is 14.7. The average molecular weight is 1080 g/mol. The first-order valence-corrected chi connectivity index (χ1v) is 26.1. The second-order valence-electron chi connectivity index (χ2n) is 22.0. The van der Waals surface area contributed by atoms with Gasteiger partial charge in [0.25, 0.3) is 0 Å². The molecule has 1 N–H and O–H groups in total. The number of ether oxygens (including phenoxy) is 4. The number of hydrogen-bond acceptors (Lipinski definition) is 13. The second kappa shape index (κ2) is 21.7. The smallest absolute Gasteiger partial charge is 0.410 e. The molecule has 2 unspecified atom stereocenters. The summed E-state index contributed by atoms with van der Waals surface area (Å²) in [7, 11) is 3.28. The fraction of sp³-hybridized carbons (Fsp3) is 0.509. The summed E-state index contributed by atoms with van der Waals surface area (Å²) in [5.74, 6) is 1.89. The van der Waals surface area contributed by atoms with Crippen molar-refractivity contribution in [2.75, 3.05) is 63.3 Å². The molecule has 19 heteroatoms. The van der Waals surface area contributed by atoms with Gasteiger partial charge in [0.05, 0.1) is 48.1 Å². The maximum absolute atomic E-state index is 14.1. The SMILES string of the molecule is COc1cccc(CC2C(=O)N(c3ncc(-c4cn[nH]c4)c(C)n3)CC23CCN(C(=O)OC(C)(C)C)CC3)c1.COc1cccc(CC2C(=O)N(c3ncc(Br)c(C)n3)CC23CCN(C(=O)OC(C)(C)C)CC3)c1. The van der Waals surface area contributed by atoms with Crippen LogP contribution in [0.5, 0.6) is 11.5 Å². The molecule has 2 spiro atoms. The Hall–Kier alpha value is -6.63. The number of rotatable bonds is 9. The lowest BCUT2D eigenvalue weighted by Gasteiger charge is -2.42. The quantitative estimate of drug-likeness (QED) is 0.147. The van der Waals surface area contributed by atoms with Gasteiger partial charge in [-0.25, -0.2) is 29.5 Å². The Morgan fingerprint density at radius 2 is 1.12 bits per heavy atom. The van der Waals surface area contributed by atoms with Crippen molar-refractivity contribution in [2.24, 2.45) is 22.7 Å². The van der Waals surface area contributed by atoms with Crippen molar-refractivity contribution in [1.82, 2.24) is 39.9 Å². The predicted molar refractivity (Wildman–Crippen MR) is 283 cm³/mol. The van der Waals surface area contributed by atoms with Crippen LogP contribution in [0.3, 0.4) is 0 Å². The van der Waals surface area contributed by atoms with E-state index in [1.165, 1.54) is 0 Å². The van der Waals surface area contributed by atoms with Crippen molar-refractivity contribution in [1.29, 1.82) is 0 Å². The van der Waals surface area contributed by atoms with Crippen molar-refractivity contribution < 1.29 is 38.1 Å². The molecule has 9 rings (SSSR count). The number of aromatic amines is 1. The van der Waals surface area contributed by atoms with Gasteiger partial charge < -0.3 is 28.7 Å². The fourth-order valence-electron chi connectivity index (χ4n) is 10.7. The second-order valence-corrected chi connectivity index (χ2v) is 22.8. The fourth-order valence-corrected chi connectivity index (χ4v) is 10.9. The number of nitrogens with zero attached hydrogens (tertiary/aromatic N) is 9. The van der Waals surface area contributed by atoms with Crippen molar-refractivity contribution in [2.45, 2.75) is 105 Å². The van der Waals surface area contributed by atoms with E-state index in [0.717, 1.165) is 49.6 Å². The number of carbonyl (C=O) groups is 4. The summed E-state index contributed by atoms with van der Waals surface area (Å²) in [5, 5.41) is 6.83. The summed E-state index contributed by atoms with van der Waals surface area (Å²) in [6.45, 7) is 18.2. The first-order chi connectivity index (χ1) is 35.1. The highest BCUT2D eigenvalue weighted by Gasteiger charge is 2.56. The van der Waals surface area contributed by atoms with Crippen LogP contribution in [0.15, 0.2) is 77.8 Å². The molecule has 4 amide bonds. The average Bonchev–Trinajstić information content (AvgIpc) is 4.06. The minimum atomic E-state index is -0.556. The molecule has 2 atom stereocenters. The zero-order valence-electron chi connectivity index (χ0n) is 44.2. The molecule has 4 aliphatic heterocycles. The molecule has 3 aromatic heterocycles. The third kappa shape index (κ3) is 12.0. The molecule has 0 bridgehead atoms. The van der Waals surface area contributed by atoms with Crippen molar-refractivity contribution in [3.05, 3.63) is 100 Å². The van der Waals surface area contributed by atoms with Crippen LogP contribution in [-0.4, -0.2) is 129 Å². The zero-order chi connectivity index (χ0) is 53.2. The minimum Gasteiger partial charge on any atom is -0.497 e. The van der Waals surface area contributed by atoms with E-state index in [2.05, 4.69) is 41.1 Å². The summed E-state index contributed by atoms with van der Waals surface area (Å²) < 4.78 is 22.8. The highest BCUT2D eigenvalue weighted by atomic mass is 79.9. The molecule has 0 saturated carbocycles. The van der Waals surface area contributed by atoms with E-state index in [-0.39, 0.29) is 46.7 Å². The van der Waals surface area contributed by atoms with Crippen LogP contribution in [0.4, 0.5) is 21.5 Å². The molecule has 5 aromatic rings. The number of aromatic nitrogens is 6. The Kier molecular flexibility index (Phi) is 15.7. The van der Waals surface area contributed by atoms with Gasteiger partial charge >= 0.3 is 12.2 Å². The Balaban J connectivity index is 0.000000198. The largest absolute Gasteiger partial charge is 0.497 e. The van der Waals surface area contributed by atoms with Gasteiger partial charge in [-0.2, -0.15) is 5.10 Å².